The van der Waals surface area contributed by atoms with E-state index in [0.717, 1.165) is 55.9 Å². The molecular weight excluding hydrogens is 426 g/mol. The molecule has 8 heteroatoms. The minimum absolute atomic E-state index is 0.470. The molecule has 0 aliphatic carbocycles. The molecule has 5 rings (SSSR count). The van der Waals surface area contributed by atoms with Gasteiger partial charge in [-0.1, -0.05) is 29.4 Å². The average molecular weight is 460 g/mol. The number of aromatic nitrogens is 4. The maximum absolute atomic E-state index is 5.42. The van der Waals surface area contributed by atoms with Crippen molar-refractivity contribution >= 4 is 17.0 Å². The van der Waals surface area contributed by atoms with Crippen LogP contribution >= 0.6 is 0 Å². The van der Waals surface area contributed by atoms with Crippen LogP contribution in [0.15, 0.2) is 53.1 Å². The van der Waals surface area contributed by atoms with Crippen LogP contribution in [0.3, 0.4) is 0 Å². The number of nitrogens with one attached hydrogen (secondary N) is 1. The first-order valence-electron chi connectivity index (χ1n) is 12.0. The number of rotatable bonds is 8. The second kappa shape index (κ2) is 9.95. The Balaban J connectivity index is 1.09. The van der Waals surface area contributed by atoms with E-state index in [4.69, 9.17) is 9.51 Å². The first-order chi connectivity index (χ1) is 16.5. The van der Waals surface area contributed by atoms with Crippen molar-refractivity contribution in [3.63, 3.8) is 0 Å². The lowest BCUT2D eigenvalue weighted by Crippen LogP contribution is -2.40. The van der Waals surface area contributed by atoms with Crippen molar-refractivity contribution in [3.8, 4) is 11.5 Å². The van der Waals surface area contributed by atoms with Crippen LogP contribution in [0.1, 0.15) is 24.2 Å². The molecule has 0 saturated carbocycles. The maximum Gasteiger partial charge on any atom is 0.257 e. The largest absolute Gasteiger partial charge is 0.353 e. The third-order valence-corrected chi connectivity index (χ3v) is 6.55. The van der Waals surface area contributed by atoms with Gasteiger partial charge in [0.15, 0.2) is 5.82 Å². The predicted molar refractivity (Wildman–Crippen MR) is 135 cm³/mol. The van der Waals surface area contributed by atoms with Gasteiger partial charge in [-0.05, 0) is 63.2 Å². The molecule has 0 spiro atoms. The van der Waals surface area contributed by atoms with Crippen LogP contribution in [0.5, 0.6) is 0 Å². The van der Waals surface area contributed by atoms with Gasteiger partial charge < -0.3 is 24.2 Å². The molecule has 178 valence electrons. The zero-order valence-corrected chi connectivity index (χ0v) is 20.2. The summed E-state index contributed by atoms with van der Waals surface area (Å²) >= 11 is 0. The molecule has 2 aromatic heterocycles. The fourth-order valence-electron chi connectivity index (χ4n) is 4.58. The Hall–Kier alpha value is -3.23. The van der Waals surface area contributed by atoms with Crippen LogP contribution in [0.4, 0.5) is 5.95 Å². The summed E-state index contributed by atoms with van der Waals surface area (Å²) in [5.41, 5.74) is 4.51. The highest BCUT2D eigenvalue weighted by Crippen LogP contribution is 2.22. The molecule has 0 amide bonds. The lowest BCUT2D eigenvalue weighted by Gasteiger charge is -2.32. The van der Waals surface area contributed by atoms with Crippen molar-refractivity contribution in [3.05, 3.63) is 59.9 Å². The number of benzene rings is 2. The Kier molecular flexibility index (Phi) is 6.60. The summed E-state index contributed by atoms with van der Waals surface area (Å²) in [5.74, 6) is 2.26. The zero-order valence-electron chi connectivity index (χ0n) is 20.2. The zero-order chi connectivity index (χ0) is 23.5. The fraction of sp³-hybridized carbons (Fsp3) is 0.423. The summed E-state index contributed by atoms with van der Waals surface area (Å²) in [6.45, 7) is 3.96. The SMILES string of the molecule is CN(C)Cc1noc(-c2ccc(CCN3CCC(Nc4nc5ccccc5n4C)CC3)cc2)n1. The molecule has 1 N–H and O–H groups in total. The van der Waals surface area contributed by atoms with Gasteiger partial charge in [-0.15, -0.1) is 0 Å². The molecule has 0 radical (unpaired) electrons. The first kappa shape index (κ1) is 22.6. The Morgan fingerprint density at radius 2 is 1.79 bits per heavy atom. The van der Waals surface area contributed by atoms with E-state index >= 15 is 0 Å². The Labute approximate surface area is 200 Å². The highest BCUT2D eigenvalue weighted by atomic mass is 16.5. The number of likely N-dealkylation sites (tertiary alicyclic amines) is 1. The Bertz CT molecular complexity index is 1220. The molecule has 0 bridgehead atoms. The van der Waals surface area contributed by atoms with Crippen molar-refractivity contribution in [2.45, 2.75) is 31.8 Å². The number of imidazole rings is 1. The van der Waals surface area contributed by atoms with Gasteiger partial charge in [0, 0.05) is 38.3 Å². The Morgan fingerprint density at radius 3 is 2.53 bits per heavy atom. The number of anilines is 1. The second-order valence-electron chi connectivity index (χ2n) is 9.44. The molecule has 4 aromatic rings. The van der Waals surface area contributed by atoms with Crippen molar-refractivity contribution < 1.29 is 4.52 Å². The minimum atomic E-state index is 0.470. The van der Waals surface area contributed by atoms with Crippen LogP contribution in [-0.2, 0) is 20.0 Å². The van der Waals surface area contributed by atoms with E-state index in [1.807, 2.05) is 25.1 Å². The third-order valence-electron chi connectivity index (χ3n) is 6.55. The van der Waals surface area contributed by atoms with Crippen LogP contribution < -0.4 is 5.32 Å². The van der Waals surface area contributed by atoms with Crippen LogP contribution in [0.2, 0.25) is 0 Å². The monoisotopic (exact) mass is 459 g/mol. The first-order valence-corrected chi connectivity index (χ1v) is 12.0. The van der Waals surface area contributed by atoms with Crippen molar-refractivity contribution in [1.29, 1.82) is 0 Å². The number of nitrogens with zero attached hydrogens (tertiary/aromatic N) is 6. The van der Waals surface area contributed by atoms with Crippen LogP contribution in [0.25, 0.3) is 22.5 Å². The Morgan fingerprint density at radius 1 is 1.03 bits per heavy atom. The third kappa shape index (κ3) is 5.13. The molecule has 2 aromatic carbocycles. The van der Waals surface area contributed by atoms with Crippen LogP contribution in [-0.4, -0.2) is 69.3 Å². The van der Waals surface area contributed by atoms with Crippen molar-refractivity contribution in [1.82, 2.24) is 29.5 Å². The van der Waals surface area contributed by atoms with E-state index < -0.39 is 0 Å². The van der Waals surface area contributed by atoms with Gasteiger partial charge in [0.2, 0.25) is 5.95 Å². The minimum Gasteiger partial charge on any atom is -0.353 e. The maximum atomic E-state index is 5.42. The molecule has 3 heterocycles. The summed E-state index contributed by atoms with van der Waals surface area (Å²) in [7, 11) is 6.07. The second-order valence-corrected chi connectivity index (χ2v) is 9.44. The van der Waals surface area contributed by atoms with Gasteiger partial charge in [-0.3, -0.25) is 0 Å². The van der Waals surface area contributed by atoms with Crippen molar-refractivity contribution in [2.75, 3.05) is 39.0 Å². The van der Waals surface area contributed by atoms with Gasteiger partial charge in [0.05, 0.1) is 17.6 Å². The molecule has 8 nitrogen and oxygen atoms in total. The normalized spacial score (nSPS) is 15.4. The van der Waals surface area contributed by atoms with E-state index in [1.54, 1.807) is 0 Å². The number of hydrogen-bond donors (Lipinski definition) is 1. The topological polar surface area (TPSA) is 75.2 Å². The van der Waals surface area contributed by atoms with Gasteiger partial charge in [0.25, 0.3) is 5.89 Å². The highest BCUT2D eigenvalue weighted by Gasteiger charge is 2.20. The predicted octanol–water partition coefficient (Wildman–Crippen LogP) is 3.80. The molecule has 1 saturated heterocycles. The fourth-order valence-corrected chi connectivity index (χ4v) is 4.58. The molecule has 1 aliphatic heterocycles. The summed E-state index contributed by atoms with van der Waals surface area (Å²) in [4.78, 5) is 13.8. The smallest absolute Gasteiger partial charge is 0.257 e. The number of fused-ring (bicyclic) bond motifs is 1. The molecule has 1 aliphatic rings. The molecule has 0 atom stereocenters. The van der Waals surface area contributed by atoms with Crippen molar-refractivity contribution in [2.24, 2.45) is 7.05 Å². The highest BCUT2D eigenvalue weighted by molar-refractivity contribution is 5.78. The lowest BCUT2D eigenvalue weighted by molar-refractivity contribution is 0.221. The van der Waals surface area contributed by atoms with Gasteiger partial charge in [-0.2, -0.15) is 4.98 Å². The number of hydrogen-bond acceptors (Lipinski definition) is 7. The van der Waals surface area contributed by atoms with Gasteiger partial charge in [-0.25, -0.2) is 4.98 Å². The van der Waals surface area contributed by atoms with Crippen LogP contribution in [0, 0.1) is 0 Å². The van der Waals surface area contributed by atoms with E-state index in [0.29, 0.717) is 24.3 Å². The number of piperidine rings is 1. The quantitative estimate of drug-likeness (QED) is 0.429. The van der Waals surface area contributed by atoms with E-state index in [2.05, 4.69) is 74.4 Å². The van der Waals surface area contributed by atoms with E-state index in [9.17, 15) is 0 Å². The standard InChI is InChI=1S/C26H33N7O/c1-31(2)18-24-29-25(34-30-24)20-10-8-19(9-11-20)12-15-33-16-13-21(14-17-33)27-26-28-22-6-4-5-7-23(22)32(26)3/h4-11,21H,12-18H2,1-3H3,(H,27,28). The van der Waals surface area contributed by atoms with Gasteiger partial charge in [0.1, 0.15) is 0 Å². The molecule has 34 heavy (non-hydrogen) atoms. The summed E-state index contributed by atoms with van der Waals surface area (Å²) in [6.07, 6.45) is 3.31. The van der Waals surface area contributed by atoms with E-state index in [-0.39, 0.29) is 0 Å². The molecule has 1 fully saturated rings. The summed E-state index contributed by atoms with van der Waals surface area (Å²) in [5, 5.41) is 7.73. The summed E-state index contributed by atoms with van der Waals surface area (Å²) in [6, 6.07) is 17.3. The molecular formula is C26H33N7O. The summed E-state index contributed by atoms with van der Waals surface area (Å²) < 4.78 is 7.57. The average Bonchev–Trinajstić information content (AvgIpc) is 3.43. The molecule has 0 unspecified atom stereocenters. The number of aryl methyl sites for hydroxylation is 1. The van der Waals surface area contributed by atoms with Gasteiger partial charge >= 0.3 is 0 Å². The number of para-hydroxylation sites is 2. The van der Waals surface area contributed by atoms with E-state index in [1.165, 1.54) is 11.1 Å². The lowest BCUT2D eigenvalue weighted by atomic mass is 10.0.